The van der Waals surface area contributed by atoms with E-state index in [2.05, 4.69) is 25.1 Å². The maximum absolute atomic E-state index is 5.64. The summed E-state index contributed by atoms with van der Waals surface area (Å²) in [6.07, 6.45) is 1.14. The highest BCUT2D eigenvalue weighted by Crippen LogP contribution is 2.27. The molecular formula is C11H15NO. The molecule has 0 fully saturated rings. The highest BCUT2D eigenvalue weighted by molar-refractivity contribution is 5.37. The number of nitrogens with two attached hydrogens (primary N) is 1. The topological polar surface area (TPSA) is 35.2 Å². The summed E-state index contributed by atoms with van der Waals surface area (Å²) in [6, 6.07) is 6.35. The van der Waals surface area contributed by atoms with Crippen LogP contribution in [0.1, 0.15) is 22.8 Å². The van der Waals surface area contributed by atoms with Crippen LogP contribution in [-0.4, -0.2) is 13.2 Å². The second-order valence-electron chi connectivity index (χ2n) is 3.49. The molecule has 0 saturated carbocycles. The monoisotopic (exact) mass is 177 g/mol. The summed E-state index contributed by atoms with van der Waals surface area (Å²) in [6.45, 7) is 3.54. The van der Waals surface area contributed by atoms with Gasteiger partial charge in [0, 0.05) is 6.54 Å². The highest BCUT2D eigenvalue weighted by Gasteiger charge is 2.19. The van der Waals surface area contributed by atoms with Gasteiger partial charge >= 0.3 is 0 Å². The largest absolute Gasteiger partial charge is 0.372 e. The fourth-order valence-corrected chi connectivity index (χ4v) is 1.96. The van der Waals surface area contributed by atoms with Gasteiger partial charge < -0.3 is 10.5 Å². The van der Waals surface area contributed by atoms with Gasteiger partial charge in [-0.3, -0.25) is 0 Å². The summed E-state index contributed by atoms with van der Waals surface area (Å²) in [5.74, 6) is 0. The van der Waals surface area contributed by atoms with E-state index in [-0.39, 0.29) is 6.10 Å². The van der Waals surface area contributed by atoms with E-state index < -0.39 is 0 Å². The van der Waals surface area contributed by atoms with Crippen LogP contribution in [0.25, 0.3) is 0 Å². The standard InChI is InChI=1S/C11H15NO/c1-8-3-2-4-10-9(8)5-6-13-11(10)7-12/h2-4,11H,5-7,12H2,1H3/t11-/m0/s1. The number of hydrogen-bond donors (Lipinski definition) is 1. The molecule has 70 valence electrons. The summed E-state index contributed by atoms with van der Waals surface area (Å²) < 4.78 is 5.58. The van der Waals surface area contributed by atoms with Crippen LogP contribution >= 0.6 is 0 Å². The third kappa shape index (κ3) is 1.47. The minimum atomic E-state index is 0.114. The van der Waals surface area contributed by atoms with Crippen molar-refractivity contribution in [2.24, 2.45) is 5.73 Å². The third-order valence-electron chi connectivity index (χ3n) is 2.68. The fraction of sp³-hybridized carbons (Fsp3) is 0.455. The van der Waals surface area contributed by atoms with Crippen molar-refractivity contribution in [3.63, 3.8) is 0 Å². The molecule has 0 radical (unpaired) electrons. The Hall–Kier alpha value is -0.860. The first-order valence-electron chi connectivity index (χ1n) is 4.73. The van der Waals surface area contributed by atoms with E-state index in [1.165, 1.54) is 16.7 Å². The fourth-order valence-electron chi connectivity index (χ4n) is 1.96. The minimum Gasteiger partial charge on any atom is -0.372 e. The van der Waals surface area contributed by atoms with Gasteiger partial charge in [0.15, 0.2) is 0 Å². The SMILES string of the molecule is Cc1cccc2c1CCO[C@H]2CN. The molecule has 0 aliphatic carbocycles. The first-order valence-corrected chi connectivity index (χ1v) is 4.73. The van der Waals surface area contributed by atoms with Crippen molar-refractivity contribution < 1.29 is 4.74 Å². The van der Waals surface area contributed by atoms with Crippen LogP contribution in [-0.2, 0) is 11.2 Å². The van der Waals surface area contributed by atoms with Crippen molar-refractivity contribution in [2.75, 3.05) is 13.2 Å². The zero-order chi connectivity index (χ0) is 9.26. The van der Waals surface area contributed by atoms with Gasteiger partial charge in [0.1, 0.15) is 0 Å². The molecular weight excluding hydrogens is 162 g/mol. The van der Waals surface area contributed by atoms with Crippen LogP contribution < -0.4 is 5.73 Å². The van der Waals surface area contributed by atoms with Crippen molar-refractivity contribution in [1.82, 2.24) is 0 Å². The van der Waals surface area contributed by atoms with Crippen molar-refractivity contribution in [3.05, 3.63) is 34.9 Å². The average Bonchev–Trinajstić information content (AvgIpc) is 2.18. The second kappa shape index (κ2) is 3.48. The zero-order valence-corrected chi connectivity index (χ0v) is 7.92. The van der Waals surface area contributed by atoms with Gasteiger partial charge in [-0.05, 0) is 30.0 Å². The van der Waals surface area contributed by atoms with Crippen LogP contribution in [0, 0.1) is 6.92 Å². The molecule has 0 aromatic heterocycles. The summed E-state index contributed by atoms with van der Waals surface area (Å²) in [5, 5.41) is 0. The summed E-state index contributed by atoms with van der Waals surface area (Å²) in [5.41, 5.74) is 9.72. The smallest absolute Gasteiger partial charge is 0.0949 e. The van der Waals surface area contributed by atoms with Crippen molar-refractivity contribution in [2.45, 2.75) is 19.4 Å². The number of hydrogen-bond acceptors (Lipinski definition) is 2. The molecule has 2 nitrogen and oxygen atoms in total. The van der Waals surface area contributed by atoms with E-state index in [0.29, 0.717) is 6.54 Å². The van der Waals surface area contributed by atoms with E-state index in [1.807, 2.05) is 0 Å². The number of benzene rings is 1. The Balaban J connectivity index is 2.45. The van der Waals surface area contributed by atoms with Crippen molar-refractivity contribution >= 4 is 0 Å². The van der Waals surface area contributed by atoms with Gasteiger partial charge in [-0.15, -0.1) is 0 Å². The quantitative estimate of drug-likeness (QED) is 0.706. The van der Waals surface area contributed by atoms with E-state index >= 15 is 0 Å². The molecule has 0 unspecified atom stereocenters. The second-order valence-corrected chi connectivity index (χ2v) is 3.49. The minimum absolute atomic E-state index is 0.114. The molecule has 13 heavy (non-hydrogen) atoms. The van der Waals surface area contributed by atoms with E-state index in [0.717, 1.165) is 13.0 Å². The molecule has 1 aliphatic heterocycles. The molecule has 1 aromatic rings. The van der Waals surface area contributed by atoms with Crippen molar-refractivity contribution in [1.29, 1.82) is 0 Å². The van der Waals surface area contributed by atoms with Gasteiger partial charge in [-0.2, -0.15) is 0 Å². The summed E-state index contributed by atoms with van der Waals surface area (Å²) in [4.78, 5) is 0. The van der Waals surface area contributed by atoms with Gasteiger partial charge in [0.05, 0.1) is 12.7 Å². The Kier molecular flexibility index (Phi) is 2.34. The maximum Gasteiger partial charge on any atom is 0.0949 e. The molecule has 1 atom stereocenters. The number of ether oxygens (including phenoxy) is 1. The summed E-state index contributed by atoms with van der Waals surface area (Å²) in [7, 11) is 0. The predicted octanol–water partition coefficient (Wildman–Crippen LogP) is 1.57. The van der Waals surface area contributed by atoms with Gasteiger partial charge in [0.25, 0.3) is 0 Å². The Morgan fingerprint density at radius 1 is 1.54 bits per heavy atom. The molecule has 2 N–H and O–H groups in total. The van der Waals surface area contributed by atoms with E-state index in [1.54, 1.807) is 0 Å². The number of rotatable bonds is 1. The van der Waals surface area contributed by atoms with Gasteiger partial charge in [-0.25, -0.2) is 0 Å². The predicted molar refractivity (Wildman–Crippen MR) is 52.6 cm³/mol. The Morgan fingerprint density at radius 3 is 3.15 bits per heavy atom. The average molecular weight is 177 g/mol. The van der Waals surface area contributed by atoms with Crippen LogP contribution in [0.5, 0.6) is 0 Å². The number of aryl methyl sites for hydroxylation is 1. The lowest BCUT2D eigenvalue weighted by molar-refractivity contribution is 0.0483. The lowest BCUT2D eigenvalue weighted by atomic mass is 9.94. The zero-order valence-electron chi connectivity index (χ0n) is 7.92. The molecule has 0 amide bonds. The molecule has 1 aromatic carbocycles. The Labute approximate surface area is 78.7 Å². The first-order chi connectivity index (χ1) is 6.33. The highest BCUT2D eigenvalue weighted by atomic mass is 16.5. The van der Waals surface area contributed by atoms with Crippen LogP contribution in [0.4, 0.5) is 0 Å². The van der Waals surface area contributed by atoms with E-state index in [4.69, 9.17) is 10.5 Å². The molecule has 1 aliphatic rings. The Morgan fingerprint density at radius 2 is 2.38 bits per heavy atom. The third-order valence-corrected chi connectivity index (χ3v) is 2.68. The number of fused-ring (bicyclic) bond motifs is 1. The van der Waals surface area contributed by atoms with Gasteiger partial charge in [-0.1, -0.05) is 18.2 Å². The van der Waals surface area contributed by atoms with Crippen LogP contribution in [0.15, 0.2) is 18.2 Å². The maximum atomic E-state index is 5.64. The molecule has 1 heterocycles. The summed E-state index contributed by atoms with van der Waals surface area (Å²) >= 11 is 0. The lowest BCUT2D eigenvalue weighted by Crippen LogP contribution is -2.23. The first kappa shape index (κ1) is 8.73. The normalized spacial score (nSPS) is 21.2. The van der Waals surface area contributed by atoms with Gasteiger partial charge in [0.2, 0.25) is 0 Å². The van der Waals surface area contributed by atoms with Crippen molar-refractivity contribution in [3.8, 4) is 0 Å². The molecule has 2 heteroatoms. The molecule has 2 rings (SSSR count). The molecule has 0 spiro atoms. The molecule has 0 saturated heterocycles. The Bertz CT molecular complexity index is 309. The van der Waals surface area contributed by atoms with Crippen LogP contribution in [0.2, 0.25) is 0 Å². The van der Waals surface area contributed by atoms with E-state index in [9.17, 15) is 0 Å². The lowest BCUT2D eigenvalue weighted by Gasteiger charge is -2.26. The molecule has 0 bridgehead atoms. The van der Waals surface area contributed by atoms with Crippen LogP contribution in [0.3, 0.4) is 0 Å².